The minimum atomic E-state index is -0.150. The number of likely N-dealkylation sites (tertiary alicyclic amines) is 1. The van der Waals surface area contributed by atoms with Crippen molar-refractivity contribution >= 4 is 11.8 Å². The van der Waals surface area contributed by atoms with Crippen LogP contribution in [0.5, 0.6) is 0 Å². The van der Waals surface area contributed by atoms with E-state index in [9.17, 15) is 9.59 Å². The van der Waals surface area contributed by atoms with Crippen molar-refractivity contribution in [3.63, 3.8) is 0 Å². The fourth-order valence-corrected chi connectivity index (χ4v) is 2.37. The summed E-state index contributed by atoms with van der Waals surface area (Å²) in [7, 11) is 0. The summed E-state index contributed by atoms with van der Waals surface area (Å²) in [4.78, 5) is 25.1. The van der Waals surface area contributed by atoms with Crippen LogP contribution >= 0.6 is 0 Å². The van der Waals surface area contributed by atoms with Crippen molar-refractivity contribution in [2.45, 2.75) is 32.4 Å². The van der Waals surface area contributed by atoms with Crippen molar-refractivity contribution in [1.82, 2.24) is 25.2 Å². The van der Waals surface area contributed by atoms with E-state index < -0.39 is 0 Å². The van der Waals surface area contributed by atoms with Gasteiger partial charge in [0.05, 0.1) is 12.7 Å². The first-order valence-electron chi connectivity index (χ1n) is 6.76. The molecule has 0 radical (unpaired) electrons. The Hall–Kier alpha value is -1.96. The standard InChI is InChI=1S/C12H20N6O2/c1-9(19)14-10-3-2-5-17(7-10)12(20)11-8-18(6-4-13)16-15-11/h8,10H,2-7,13H2,1H3,(H,14,19). The van der Waals surface area contributed by atoms with Crippen LogP contribution in [0.3, 0.4) is 0 Å². The van der Waals surface area contributed by atoms with Crippen LogP contribution in [-0.4, -0.2) is 57.4 Å². The maximum absolute atomic E-state index is 12.3. The molecule has 1 saturated heterocycles. The molecule has 1 aromatic heterocycles. The third-order valence-corrected chi connectivity index (χ3v) is 3.23. The molecule has 0 bridgehead atoms. The summed E-state index contributed by atoms with van der Waals surface area (Å²) in [5.74, 6) is -0.221. The van der Waals surface area contributed by atoms with Gasteiger partial charge >= 0.3 is 0 Å². The fourth-order valence-electron chi connectivity index (χ4n) is 2.37. The second-order valence-electron chi connectivity index (χ2n) is 4.95. The SMILES string of the molecule is CC(=O)NC1CCCN(C(=O)c2cn(CCN)nn2)C1. The Kier molecular flexibility index (Phi) is 4.67. The molecule has 8 heteroatoms. The maximum Gasteiger partial charge on any atom is 0.276 e. The number of nitrogens with two attached hydrogens (primary N) is 1. The molecule has 0 aliphatic carbocycles. The van der Waals surface area contributed by atoms with Crippen LogP contribution in [-0.2, 0) is 11.3 Å². The summed E-state index contributed by atoms with van der Waals surface area (Å²) < 4.78 is 1.56. The monoisotopic (exact) mass is 280 g/mol. The molecule has 1 unspecified atom stereocenters. The summed E-state index contributed by atoms with van der Waals surface area (Å²) in [6.45, 7) is 3.67. The van der Waals surface area contributed by atoms with Gasteiger partial charge in [0, 0.05) is 32.6 Å². The number of carbonyl (C=O) groups is 2. The highest BCUT2D eigenvalue weighted by Gasteiger charge is 2.26. The van der Waals surface area contributed by atoms with E-state index in [0.29, 0.717) is 31.9 Å². The highest BCUT2D eigenvalue weighted by atomic mass is 16.2. The zero-order chi connectivity index (χ0) is 14.5. The molecular weight excluding hydrogens is 260 g/mol. The number of nitrogens with one attached hydrogen (secondary N) is 1. The first-order chi connectivity index (χ1) is 9.60. The molecule has 1 fully saturated rings. The van der Waals surface area contributed by atoms with Crippen LogP contribution in [0.25, 0.3) is 0 Å². The van der Waals surface area contributed by atoms with Gasteiger partial charge in [0.25, 0.3) is 5.91 Å². The minimum Gasteiger partial charge on any atom is -0.352 e. The van der Waals surface area contributed by atoms with E-state index >= 15 is 0 Å². The lowest BCUT2D eigenvalue weighted by Gasteiger charge is -2.32. The van der Waals surface area contributed by atoms with Crippen LogP contribution < -0.4 is 11.1 Å². The predicted molar refractivity (Wildman–Crippen MR) is 71.8 cm³/mol. The summed E-state index contributed by atoms with van der Waals surface area (Å²) in [6, 6.07) is 0.0179. The molecule has 2 heterocycles. The Morgan fingerprint density at radius 2 is 2.35 bits per heavy atom. The molecule has 2 rings (SSSR count). The van der Waals surface area contributed by atoms with Gasteiger partial charge in [-0.1, -0.05) is 5.21 Å². The largest absolute Gasteiger partial charge is 0.352 e. The quantitative estimate of drug-likeness (QED) is 0.734. The molecule has 0 spiro atoms. The Morgan fingerprint density at radius 3 is 3.05 bits per heavy atom. The van der Waals surface area contributed by atoms with Gasteiger partial charge in [0.15, 0.2) is 5.69 Å². The summed E-state index contributed by atoms with van der Waals surface area (Å²) >= 11 is 0. The van der Waals surface area contributed by atoms with Crippen molar-refractivity contribution in [3.05, 3.63) is 11.9 Å². The molecule has 1 aromatic rings. The van der Waals surface area contributed by atoms with E-state index in [0.717, 1.165) is 12.8 Å². The van der Waals surface area contributed by atoms with E-state index in [2.05, 4.69) is 15.6 Å². The van der Waals surface area contributed by atoms with Gasteiger partial charge in [-0.25, -0.2) is 0 Å². The van der Waals surface area contributed by atoms with Crippen molar-refractivity contribution < 1.29 is 9.59 Å². The Labute approximate surface area is 117 Å². The van der Waals surface area contributed by atoms with Crippen molar-refractivity contribution in [3.8, 4) is 0 Å². The van der Waals surface area contributed by atoms with Crippen LogP contribution in [0.2, 0.25) is 0 Å². The number of nitrogens with zero attached hydrogens (tertiary/aromatic N) is 4. The first-order valence-corrected chi connectivity index (χ1v) is 6.76. The fraction of sp³-hybridized carbons (Fsp3) is 0.667. The zero-order valence-electron chi connectivity index (χ0n) is 11.6. The minimum absolute atomic E-state index is 0.0179. The maximum atomic E-state index is 12.3. The van der Waals surface area contributed by atoms with Crippen LogP contribution in [0.15, 0.2) is 6.20 Å². The molecule has 8 nitrogen and oxygen atoms in total. The zero-order valence-corrected chi connectivity index (χ0v) is 11.6. The number of amides is 2. The number of aromatic nitrogens is 3. The molecule has 110 valence electrons. The highest BCUT2D eigenvalue weighted by Crippen LogP contribution is 2.12. The molecule has 20 heavy (non-hydrogen) atoms. The second kappa shape index (κ2) is 6.47. The highest BCUT2D eigenvalue weighted by molar-refractivity contribution is 5.92. The first kappa shape index (κ1) is 14.4. The molecule has 1 atom stereocenters. The topological polar surface area (TPSA) is 106 Å². The summed E-state index contributed by atoms with van der Waals surface area (Å²) in [5.41, 5.74) is 5.75. The van der Waals surface area contributed by atoms with Gasteiger partial charge in [0.2, 0.25) is 5.91 Å². The van der Waals surface area contributed by atoms with E-state index in [1.54, 1.807) is 15.8 Å². The molecule has 3 N–H and O–H groups in total. The van der Waals surface area contributed by atoms with E-state index in [1.807, 2.05) is 0 Å². The number of hydrogen-bond acceptors (Lipinski definition) is 5. The van der Waals surface area contributed by atoms with Gasteiger partial charge < -0.3 is 16.0 Å². The lowest BCUT2D eigenvalue weighted by atomic mass is 10.1. The number of carbonyl (C=O) groups excluding carboxylic acids is 2. The Morgan fingerprint density at radius 1 is 1.55 bits per heavy atom. The molecule has 0 saturated carbocycles. The van der Waals surface area contributed by atoms with Gasteiger partial charge in [-0.05, 0) is 12.8 Å². The van der Waals surface area contributed by atoms with Gasteiger partial charge in [-0.2, -0.15) is 0 Å². The van der Waals surface area contributed by atoms with Crippen molar-refractivity contribution in [1.29, 1.82) is 0 Å². The van der Waals surface area contributed by atoms with Crippen molar-refractivity contribution in [2.24, 2.45) is 5.73 Å². The normalized spacial score (nSPS) is 18.9. The van der Waals surface area contributed by atoms with E-state index in [1.165, 1.54) is 6.92 Å². The Bertz CT molecular complexity index is 486. The van der Waals surface area contributed by atoms with E-state index in [-0.39, 0.29) is 17.9 Å². The predicted octanol–water partition coefficient (Wildman–Crippen LogP) is -1.02. The summed E-state index contributed by atoms with van der Waals surface area (Å²) in [5, 5.41) is 10.6. The van der Waals surface area contributed by atoms with Gasteiger partial charge in [0.1, 0.15) is 0 Å². The lowest BCUT2D eigenvalue weighted by Crippen LogP contribution is -2.49. The third kappa shape index (κ3) is 3.53. The van der Waals surface area contributed by atoms with E-state index in [4.69, 9.17) is 5.73 Å². The van der Waals surface area contributed by atoms with Gasteiger partial charge in [-0.15, -0.1) is 5.10 Å². The smallest absolute Gasteiger partial charge is 0.276 e. The summed E-state index contributed by atoms with van der Waals surface area (Å²) in [6.07, 6.45) is 3.37. The number of rotatable bonds is 4. The molecule has 1 aliphatic heterocycles. The molecule has 0 aromatic carbocycles. The van der Waals surface area contributed by atoms with Crippen LogP contribution in [0.4, 0.5) is 0 Å². The van der Waals surface area contributed by atoms with Crippen molar-refractivity contribution in [2.75, 3.05) is 19.6 Å². The number of hydrogen-bond donors (Lipinski definition) is 2. The third-order valence-electron chi connectivity index (χ3n) is 3.23. The average Bonchev–Trinajstić information content (AvgIpc) is 2.86. The van der Waals surface area contributed by atoms with Crippen LogP contribution in [0.1, 0.15) is 30.3 Å². The number of piperidine rings is 1. The molecule has 1 aliphatic rings. The molecular formula is C12H20N6O2. The lowest BCUT2D eigenvalue weighted by molar-refractivity contribution is -0.120. The van der Waals surface area contributed by atoms with Crippen LogP contribution in [0, 0.1) is 0 Å². The van der Waals surface area contributed by atoms with Gasteiger partial charge in [-0.3, -0.25) is 14.3 Å². The second-order valence-corrected chi connectivity index (χ2v) is 4.95. The Balaban J connectivity index is 1.98. The average molecular weight is 280 g/mol. The molecule has 2 amide bonds.